The Morgan fingerprint density at radius 3 is 2.65 bits per heavy atom. The fourth-order valence-electron chi connectivity index (χ4n) is 1.65. The molecular formula is C14H10BrN2O3-. The molecule has 0 spiro atoms. The first kappa shape index (κ1) is 14.2. The maximum Gasteiger partial charge on any atom is 0.270 e. The fourth-order valence-corrected chi connectivity index (χ4v) is 2.13. The van der Waals surface area contributed by atoms with E-state index in [4.69, 9.17) is 0 Å². The Kier molecular flexibility index (Phi) is 4.14. The van der Waals surface area contributed by atoms with Gasteiger partial charge in [0, 0.05) is 22.8 Å². The van der Waals surface area contributed by atoms with E-state index >= 15 is 0 Å². The summed E-state index contributed by atoms with van der Waals surface area (Å²) < 4.78 is 0.939. The van der Waals surface area contributed by atoms with Gasteiger partial charge in [-0.3, -0.25) is 15.1 Å². The van der Waals surface area contributed by atoms with E-state index in [1.807, 2.05) is 19.1 Å². The third kappa shape index (κ3) is 3.21. The molecule has 0 atom stereocenters. The van der Waals surface area contributed by atoms with Crippen LogP contribution in [0, 0.1) is 17.0 Å². The lowest BCUT2D eigenvalue weighted by molar-refractivity contribution is -0.385. The Bertz CT molecular complexity index is 699. The Balaban J connectivity index is 2.35. The Morgan fingerprint density at radius 1 is 1.25 bits per heavy atom. The Morgan fingerprint density at radius 2 is 2.00 bits per heavy atom. The zero-order valence-corrected chi connectivity index (χ0v) is 12.1. The van der Waals surface area contributed by atoms with Crippen molar-refractivity contribution in [1.29, 1.82) is 0 Å². The number of nitro benzene ring substituents is 1. The lowest BCUT2D eigenvalue weighted by Crippen LogP contribution is -1.98. The van der Waals surface area contributed by atoms with Crippen molar-refractivity contribution in [1.82, 2.24) is 0 Å². The Hall–Kier alpha value is -2.21. The molecule has 6 heteroatoms. The molecule has 0 aliphatic heterocycles. The summed E-state index contributed by atoms with van der Waals surface area (Å²) in [6.07, 6.45) is 1.35. The van der Waals surface area contributed by atoms with Gasteiger partial charge in [0.25, 0.3) is 5.69 Å². The summed E-state index contributed by atoms with van der Waals surface area (Å²) in [6.45, 7) is 1.89. The number of halogens is 1. The van der Waals surface area contributed by atoms with Crippen LogP contribution in [0.1, 0.15) is 11.1 Å². The van der Waals surface area contributed by atoms with Gasteiger partial charge in [-0.2, -0.15) is 0 Å². The van der Waals surface area contributed by atoms with Crippen molar-refractivity contribution < 1.29 is 10.0 Å². The number of nitrogens with zero attached hydrogens (tertiary/aromatic N) is 2. The second-order valence-electron chi connectivity index (χ2n) is 4.17. The van der Waals surface area contributed by atoms with Gasteiger partial charge in [-0.1, -0.05) is 27.7 Å². The number of aliphatic imine (C=N–C) groups is 1. The zero-order chi connectivity index (χ0) is 14.7. The topological polar surface area (TPSA) is 78.6 Å². The van der Waals surface area contributed by atoms with Crippen LogP contribution >= 0.6 is 15.9 Å². The Labute approximate surface area is 123 Å². The molecule has 0 N–H and O–H groups in total. The molecule has 0 aromatic heterocycles. The highest BCUT2D eigenvalue weighted by molar-refractivity contribution is 9.10. The van der Waals surface area contributed by atoms with Crippen LogP contribution in [0.3, 0.4) is 0 Å². The number of hydrogen-bond donors (Lipinski definition) is 0. The van der Waals surface area contributed by atoms with Crippen molar-refractivity contribution in [3.8, 4) is 5.75 Å². The minimum absolute atomic E-state index is 0.126. The molecule has 2 aromatic carbocycles. The lowest BCUT2D eigenvalue weighted by Gasteiger charge is -2.09. The molecule has 0 aliphatic rings. The summed E-state index contributed by atoms with van der Waals surface area (Å²) >= 11 is 3.35. The smallest absolute Gasteiger partial charge is 0.270 e. The van der Waals surface area contributed by atoms with E-state index in [0.29, 0.717) is 5.69 Å². The molecule has 2 aromatic rings. The normalized spacial score (nSPS) is 10.9. The molecule has 0 amide bonds. The molecule has 0 fully saturated rings. The molecule has 102 valence electrons. The molecule has 0 saturated carbocycles. The number of aryl methyl sites for hydroxylation is 1. The van der Waals surface area contributed by atoms with Gasteiger partial charge in [-0.15, -0.1) is 0 Å². The van der Waals surface area contributed by atoms with E-state index in [0.717, 1.165) is 10.0 Å². The number of hydrogen-bond acceptors (Lipinski definition) is 4. The number of non-ortho nitro benzene ring substituents is 1. The minimum atomic E-state index is -0.540. The van der Waals surface area contributed by atoms with E-state index in [9.17, 15) is 15.2 Å². The largest absolute Gasteiger partial charge is 0.872 e. The summed E-state index contributed by atoms with van der Waals surface area (Å²) in [5, 5.41) is 22.3. The lowest BCUT2D eigenvalue weighted by atomic mass is 10.2. The van der Waals surface area contributed by atoms with Crippen molar-refractivity contribution in [2.75, 3.05) is 0 Å². The third-order valence-corrected chi connectivity index (χ3v) is 3.20. The summed E-state index contributed by atoms with van der Waals surface area (Å²) in [4.78, 5) is 14.4. The fraction of sp³-hybridized carbons (Fsp3) is 0.0714. The van der Waals surface area contributed by atoms with Crippen molar-refractivity contribution in [2.24, 2.45) is 4.99 Å². The molecule has 5 nitrogen and oxygen atoms in total. The molecule has 0 aliphatic carbocycles. The maximum atomic E-state index is 11.6. The van der Waals surface area contributed by atoms with Crippen LogP contribution < -0.4 is 5.11 Å². The van der Waals surface area contributed by atoms with E-state index in [1.54, 1.807) is 6.07 Å². The monoisotopic (exact) mass is 333 g/mol. The van der Waals surface area contributed by atoms with Crippen molar-refractivity contribution in [3.63, 3.8) is 0 Å². The van der Waals surface area contributed by atoms with E-state index in [2.05, 4.69) is 20.9 Å². The molecule has 0 bridgehead atoms. The molecule has 0 saturated heterocycles. The second-order valence-corrected chi connectivity index (χ2v) is 5.08. The van der Waals surface area contributed by atoms with Crippen LogP contribution in [0.25, 0.3) is 0 Å². The summed E-state index contributed by atoms with van der Waals surface area (Å²) in [5.74, 6) is -0.297. The van der Waals surface area contributed by atoms with Crippen LogP contribution in [0.15, 0.2) is 45.9 Å². The molecule has 0 unspecified atom stereocenters. The molecule has 2 rings (SSSR count). The highest BCUT2D eigenvalue weighted by Crippen LogP contribution is 2.24. The van der Waals surface area contributed by atoms with Crippen molar-refractivity contribution >= 4 is 33.5 Å². The summed E-state index contributed by atoms with van der Waals surface area (Å²) in [5.41, 5.74) is 1.72. The third-order valence-electron chi connectivity index (χ3n) is 2.71. The molecule has 0 radical (unpaired) electrons. The first-order chi connectivity index (χ1) is 9.47. The van der Waals surface area contributed by atoms with Crippen LogP contribution in [-0.2, 0) is 0 Å². The SMILES string of the molecule is Cc1cc(Br)ccc1N=Cc1cc([N+](=O)[O-])ccc1[O-]. The quantitative estimate of drug-likeness (QED) is 0.490. The zero-order valence-electron chi connectivity index (χ0n) is 10.5. The average molecular weight is 334 g/mol. The second kappa shape index (κ2) is 5.83. The van der Waals surface area contributed by atoms with Gasteiger partial charge in [0.1, 0.15) is 0 Å². The maximum absolute atomic E-state index is 11.6. The van der Waals surface area contributed by atoms with Crippen LogP contribution in [0.5, 0.6) is 5.75 Å². The van der Waals surface area contributed by atoms with Gasteiger partial charge in [0.2, 0.25) is 0 Å². The summed E-state index contributed by atoms with van der Waals surface area (Å²) in [7, 11) is 0. The standard InChI is InChI=1S/C14H11BrN2O3/c1-9-6-11(15)2-4-13(9)16-8-10-7-12(17(19)20)3-5-14(10)18/h2-8,18H,1H3/p-1. The van der Waals surface area contributed by atoms with Gasteiger partial charge in [-0.05, 0) is 36.2 Å². The van der Waals surface area contributed by atoms with E-state index in [-0.39, 0.29) is 17.0 Å². The van der Waals surface area contributed by atoms with Gasteiger partial charge in [-0.25, -0.2) is 0 Å². The van der Waals surface area contributed by atoms with E-state index in [1.165, 1.54) is 24.4 Å². The minimum Gasteiger partial charge on any atom is -0.872 e. The van der Waals surface area contributed by atoms with Gasteiger partial charge < -0.3 is 5.11 Å². The van der Waals surface area contributed by atoms with Gasteiger partial charge in [0.05, 0.1) is 10.6 Å². The van der Waals surface area contributed by atoms with Crippen LogP contribution in [0.2, 0.25) is 0 Å². The molecular weight excluding hydrogens is 324 g/mol. The van der Waals surface area contributed by atoms with Crippen molar-refractivity contribution in [2.45, 2.75) is 6.92 Å². The molecule has 20 heavy (non-hydrogen) atoms. The van der Waals surface area contributed by atoms with Crippen LogP contribution in [-0.4, -0.2) is 11.1 Å². The van der Waals surface area contributed by atoms with Gasteiger partial charge in [0.15, 0.2) is 0 Å². The highest BCUT2D eigenvalue weighted by atomic mass is 79.9. The van der Waals surface area contributed by atoms with Crippen molar-refractivity contribution in [3.05, 3.63) is 62.1 Å². The molecule has 0 heterocycles. The number of nitro groups is 1. The first-order valence-corrected chi connectivity index (χ1v) is 6.52. The highest BCUT2D eigenvalue weighted by Gasteiger charge is 2.05. The number of benzene rings is 2. The predicted molar refractivity (Wildman–Crippen MR) is 78.7 cm³/mol. The summed E-state index contributed by atoms with van der Waals surface area (Å²) in [6, 6.07) is 9.12. The van der Waals surface area contributed by atoms with Crippen LogP contribution in [0.4, 0.5) is 11.4 Å². The predicted octanol–water partition coefficient (Wildman–Crippen LogP) is 3.49. The first-order valence-electron chi connectivity index (χ1n) is 5.73. The van der Waals surface area contributed by atoms with Gasteiger partial charge >= 0.3 is 0 Å². The average Bonchev–Trinajstić information content (AvgIpc) is 2.39. The number of rotatable bonds is 3. The van der Waals surface area contributed by atoms with E-state index < -0.39 is 4.92 Å².